The van der Waals surface area contributed by atoms with Crippen LogP contribution in [0, 0.1) is 0 Å². The number of nitrogens with one attached hydrogen (secondary N) is 1. The van der Waals surface area contributed by atoms with Gasteiger partial charge in [0.05, 0.1) is 17.4 Å². The van der Waals surface area contributed by atoms with E-state index in [-0.39, 0.29) is 5.38 Å². The summed E-state index contributed by atoms with van der Waals surface area (Å²) >= 11 is 5.88. The van der Waals surface area contributed by atoms with E-state index >= 15 is 0 Å². The summed E-state index contributed by atoms with van der Waals surface area (Å²) in [6, 6.07) is 7.90. The fourth-order valence-electron chi connectivity index (χ4n) is 1.40. The largest absolute Gasteiger partial charge is 0.382 e. The molecule has 0 saturated heterocycles. The molecule has 0 fully saturated rings. The van der Waals surface area contributed by atoms with Gasteiger partial charge in [-0.25, -0.2) is 0 Å². The molecule has 4 heteroatoms. The summed E-state index contributed by atoms with van der Waals surface area (Å²) in [5.41, 5.74) is 1.87. The zero-order valence-electron chi connectivity index (χ0n) is 8.44. The van der Waals surface area contributed by atoms with E-state index in [0.29, 0.717) is 0 Å². The average Bonchev–Trinajstić information content (AvgIpc) is 2.26. The van der Waals surface area contributed by atoms with E-state index in [2.05, 4.69) is 15.5 Å². The van der Waals surface area contributed by atoms with E-state index in [0.717, 1.165) is 23.1 Å². The molecule has 2 aromatic rings. The van der Waals surface area contributed by atoms with Gasteiger partial charge in [-0.05, 0) is 13.0 Å². The number of benzene rings is 1. The lowest BCUT2D eigenvalue weighted by Gasteiger charge is -2.09. The number of rotatable bonds is 3. The molecule has 0 aliphatic rings. The van der Waals surface area contributed by atoms with Crippen LogP contribution in [0.25, 0.3) is 10.9 Å². The molecule has 15 heavy (non-hydrogen) atoms. The lowest BCUT2D eigenvalue weighted by Crippen LogP contribution is -2.11. The van der Waals surface area contributed by atoms with E-state index in [1.165, 1.54) is 0 Å². The second kappa shape index (κ2) is 4.45. The fraction of sp³-hybridized carbons (Fsp3) is 0.273. The molecular weight excluding hydrogens is 210 g/mol. The van der Waals surface area contributed by atoms with Crippen molar-refractivity contribution in [2.45, 2.75) is 12.3 Å². The number of nitrogens with zero attached hydrogens (tertiary/aromatic N) is 2. The van der Waals surface area contributed by atoms with Crippen LogP contribution in [0.4, 0.5) is 5.69 Å². The molecule has 1 aromatic carbocycles. The molecule has 0 aliphatic heterocycles. The number of aromatic nitrogens is 2. The molecule has 2 rings (SSSR count). The van der Waals surface area contributed by atoms with Crippen molar-refractivity contribution in [1.82, 2.24) is 10.2 Å². The Labute approximate surface area is 93.5 Å². The van der Waals surface area contributed by atoms with E-state index in [1.54, 1.807) is 6.20 Å². The predicted octanol–water partition coefficient (Wildman–Crippen LogP) is 2.67. The molecule has 3 nitrogen and oxygen atoms in total. The molecule has 0 radical (unpaired) electrons. The van der Waals surface area contributed by atoms with Gasteiger partial charge in [0.15, 0.2) is 0 Å². The zero-order chi connectivity index (χ0) is 10.7. The first-order valence-electron chi connectivity index (χ1n) is 4.86. The standard InChI is InChI=1S/C11H12ClN3/c1-8(12)6-13-11-7-14-15-10-5-3-2-4-9(10)11/h2-5,7-8H,6H2,1H3,(H,13,15). The fourth-order valence-corrected chi connectivity index (χ4v) is 1.48. The quantitative estimate of drug-likeness (QED) is 0.810. The summed E-state index contributed by atoms with van der Waals surface area (Å²) in [5.74, 6) is 0. The second-order valence-electron chi connectivity index (χ2n) is 3.44. The van der Waals surface area contributed by atoms with Crippen molar-refractivity contribution < 1.29 is 0 Å². The summed E-state index contributed by atoms with van der Waals surface area (Å²) in [6.45, 7) is 2.67. The number of alkyl halides is 1. The van der Waals surface area contributed by atoms with Crippen molar-refractivity contribution in [3.8, 4) is 0 Å². The first kappa shape index (κ1) is 10.2. The van der Waals surface area contributed by atoms with Crippen LogP contribution in [0.3, 0.4) is 0 Å². The third-order valence-corrected chi connectivity index (χ3v) is 2.27. The van der Waals surface area contributed by atoms with Gasteiger partial charge < -0.3 is 5.32 Å². The molecule has 0 amide bonds. The molecule has 0 saturated carbocycles. The van der Waals surface area contributed by atoms with Gasteiger partial charge in [0.2, 0.25) is 0 Å². The minimum absolute atomic E-state index is 0.0944. The Morgan fingerprint density at radius 2 is 2.20 bits per heavy atom. The minimum Gasteiger partial charge on any atom is -0.382 e. The number of anilines is 1. The number of halogens is 1. The molecule has 0 bridgehead atoms. The molecule has 0 spiro atoms. The normalized spacial score (nSPS) is 12.7. The van der Waals surface area contributed by atoms with Crippen molar-refractivity contribution in [3.05, 3.63) is 30.5 Å². The van der Waals surface area contributed by atoms with Crippen LogP contribution in [0.1, 0.15) is 6.92 Å². The highest BCUT2D eigenvalue weighted by Crippen LogP contribution is 2.19. The maximum Gasteiger partial charge on any atom is 0.0950 e. The van der Waals surface area contributed by atoms with Crippen LogP contribution in [0.2, 0.25) is 0 Å². The van der Waals surface area contributed by atoms with Crippen molar-refractivity contribution in [1.29, 1.82) is 0 Å². The summed E-state index contributed by atoms with van der Waals surface area (Å²) in [5, 5.41) is 12.4. The van der Waals surface area contributed by atoms with Crippen LogP contribution in [0.5, 0.6) is 0 Å². The van der Waals surface area contributed by atoms with Gasteiger partial charge in [0, 0.05) is 17.3 Å². The number of fused-ring (bicyclic) bond motifs is 1. The second-order valence-corrected chi connectivity index (χ2v) is 4.18. The molecule has 78 valence electrons. The SMILES string of the molecule is CC(Cl)CNc1cnnc2ccccc12. The van der Waals surface area contributed by atoms with E-state index in [4.69, 9.17) is 11.6 Å². The highest BCUT2D eigenvalue weighted by molar-refractivity contribution is 6.20. The number of hydrogen-bond acceptors (Lipinski definition) is 3. The molecule has 1 heterocycles. The smallest absolute Gasteiger partial charge is 0.0950 e. The molecule has 1 aromatic heterocycles. The zero-order valence-corrected chi connectivity index (χ0v) is 9.20. The maximum atomic E-state index is 5.88. The third kappa shape index (κ3) is 2.36. The minimum atomic E-state index is 0.0944. The van der Waals surface area contributed by atoms with E-state index in [1.807, 2.05) is 31.2 Å². The molecular formula is C11H12ClN3. The van der Waals surface area contributed by atoms with Gasteiger partial charge in [-0.15, -0.1) is 11.6 Å². The molecule has 1 unspecified atom stereocenters. The molecule has 1 atom stereocenters. The van der Waals surface area contributed by atoms with Gasteiger partial charge in [0.25, 0.3) is 0 Å². The van der Waals surface area contributed by atoms with Gasteiger partial charge in [-0.1, -0.05) is 18.2 Å². The first-order valence-corrected chi connectivity index (χ1v) is 5.29. The highest BCUT2D eigenvalue weighted by Gasteiger charge is 2.02. The summed E-state index contributed by atoms with van der Waals surface area (Å²) in [4.78, 5) is 0. The topological polar surface area (TPSA) is 37.8 Å². The van der Waals surface area contributed by atoms with Crippen LogP contribution >= 0.6 is 11.6 Å². The Kier molecular flexibility index (Phi) is 3.02. The molecule has 1 N–H and O–H groups in total. The molecule has 0 aliphatic carbocycles. The summed E-state index contributed by atoms with van der Waals surface area (Å²) in [6.07, 6.45) is 1.72. The Hall–Kier alpha value is -1.35. The van der Waals surface area contributed by atoms with Gasteiger partial charge in [-0.2, -0.15) is 10.2 Å². The Morgan fingerprint density at radius 3 is 3.00 bits per heavy atom. The van der Waals surface area contributed by atoms with Crippen molar-refractivity contribution in [3.63, 3.8) is 0 Å². The first-order chi connectivity index (χ1) is 7.27. The Balaban J connectivity index is 2.34. The summed E-state index contributed by atoms with van der Waals surface area (Å²) in [7, 11) is 0. The maximum absolute atomic E-state index is 5.88. The van der Waals surface area contributed by atoms with Crippen molar-refractivity contribution in [2.24, 2.45) is 0 Å². The predicted molar refractivity (Wildman–Crippen MR) is 63.3 cm³/mol. The van der Waals surface area contributed by atoms with Crippen LogP contribution < -0.4 is 5.32 Å². The Morgan fingerprint density at radius 1 is 1.40 bits per heavy atom. The van der Waals surface area contributed by atoms with Gasteiger partial charge in [0.1, 0.15) is 0 Å². The van der Waals surface area contributed by atoms with Crippen molar-refractivity contribution >= 4 is 28.2 Å². The lowest BCUT2D eigenvalue weighted by atomic mass is 10.2. The van der Waals surface area contributed by atoms with Gasteiger partial charge in [-0.3, -0.25) is 0 Å². The van der Waals surface area contributed by atoms with Crippen molar-refractivity contribution in [2.75, 3.05) is 11.9 Å². The lowest BCUT2D eigenvalue weighted by molar-refractivity contribution is 0.982. The monoisotopic (exact) mass is 221 g/mol. The van der Waals surface area contributed by atoms with E-state index in [9.17, 15) is 0 Å². The van der Waals surface area contributed by atoms with Crippen LogP contribution in [-0.4, -0.2) is 22.1 Å². The van der Waals surface area contributed by atoms with Gasteiger partial charge >= 0.3 is 0 Å². The number of hydrogen-bond donors (Lipinski definition) is 1. The third-order valence-electron chi connectivity index (χ3n) is 2.12. The van der Waals surface area contributed by atoms with Crippen LogP contribution in [-0.2, 0) is 0 Å². The van der Waals surface area contributed by atoms with E-state index < -0.39 is 0 Å². The summed E-state index contributed by atoms with van der Waals surface area (Å²) < 4.78 is 0. The highest BCUT2D eigenvalue weighted by atomic mass is 35.5. The van der Waals surface area contributed by atoms with Crippen LogP contribution in [0.15, 0.2) is 30.5 Å². The average molecular weight is 222 g/mol. The Bertz CT molecular complexity index is 451.